The largest absolute Gasteiger partial charge is 0.496 e. The van der Waals surface area contributed by atoms with Gasteiger partial charge in [-0.2, -0.15) is 0 Å². The summed E-state index contributed by atoms with van der Waals surface area (Å²) in [6.45, 7) is 1.80. The Labute approximate surface area is 135 Å². The van der Waals surface area contributed by atoms with Crippen molar-refractivity contribution in [2.24, 2.45) is 0 Å². The Morgan fingerprint density at radius 1 is 1.30 bits per heavy atom. The van der Waals surface area contributed by atoms with Crippen LogP contribution in [0.25, 0.3) is 0 Å². The van der Waals surface area contributed by atoms with Crippen molar-refractivity contribution in [1.29, 1.82) is 0 Å². The molecule has 0 aliphatic carbocycles. The molecule has 5 heteroatoms. The molecule has 23 heavy (non-hydrogen) atoms. The van der Waals surface area contributed by atoms with E-state index >= 15 is 0 Å². The minimum Gasteiger partial charge on any atom is -0.496 e. The lowest BCUT2D eigenvalue weighted by Crippen LogP contribution is -2.27. The average molecular weight is 316 g/mol. The van der Waals surface area contributed by atoms with Gasteiger partial charge in [0.15, 0.2) is 0 Å². The SMILES string of the molecule is COc1ccc(F)cc1C(C)NC(=O)CCc1ccccc1N. The maximum Gasteiger partial charge on any atom is 0.220 e. The van der Waals surface area contributed by atoms with Crippen LogP contribution < -0.4 is 15.8 Å². The third kappa shape index (κ3) is 4.45. The normalized spacial score (nSPS) is 11.8. The second-order valence-electron chi connectivity index (χ2n) is 5.37. The van der Waals surface area contributed by atoms with Crippen molar-refractivity contribution in [2.45, 2.75) is 25.8 Å². The zero-order chi connectivity index (χ0) is 16.8. The maximum absolute atomic E-state index is 13.4. The van der Waals surface area contributed by atoms with E-state index in [0.717, 1.165) is 5.56 Å². The van der Waals surface area contributed by atoms with Gasteiger partial charge in [0.25, 0.3) is 0 Å². The highest BCUT2D eigenvalue weighted by atomic mass is 19.1. The zero-order valence-corrected chi connectivity index (χ0v) is 13.3. The van der Waals surface area contributed by atoms with Crippen LogP contribution in [0.4, 0.5) is 10.1 Å². The fraction of sp³-hybridized carbons (Fsp3) is 0.278. The minimum absolute atomic E-state index is 0.118. The van der Waals surface area contributed by atoms with Gasteiger partial charge >= 0.3 is 0 Å². The highest BCUT2D eigenvalue weighted by molar-refractivity contribution is 5.77. The minimum atomic E-state index is -0.362. The first-order valence-corrected chi connectivity index (χ1v) is 7.47. The van der Waals surface area contributed by atoms with Gasteiger partial charge in [0.2, 0.25) is 5.91 Å². The number of hydrogen-bond acceptors (Lipinski definition) is 3. The molecule has 0 aromatic heterocycles. The zero-order valence-electron chi connectivity index (χ0n) is 13.3. The number of methoxy groups -OCH3 is 1. The van der Waals surface area contributed by atoms with Crippen molar-refractivity contribution < 1.29 is 13.9 Å². The van der Waals surface area contributed by atoms with E-state index in [2.05, 4.69) is 5.32 Å². The second kappa shape index (κ2) is 7.63. The Balaban J connectivity index is 1.97. The standard InChI is InChI=1S/C18H21FN2O2/c1-12(15-11-14(19)8-9-17(15)23-2)21-18(22)10-7-13-5-3-4-6-16(13)20/h3-6,8-9,11-12H,7,10,20H2,1-2H3,(H,21,22). The molecule has 4 nitrogen and oxygen atoms in total. The molecular formula is C18H21FN2O2. The summed E-state index contributed by atoms with van der Waals surface area (Å²) in [7, 11) is 1.52. The van der Waals surface area contributed by atoms with E-state index in [1.54, 1.807) is 13.0 Å². The van der Waals surface area contributed by atoms with E-state index in [1.807, 2.05) is 24.3 Å². The van der Waals surface area contributed by atoms with Crippen LogP contribution >= 0.6 is 0 Å². The van der Waals surface area contributed by atoms with Crippen LogP contribution in [0.15, 0.2) is 42.5 Å². The van der Waals surface area contributed by atoms with Crippen LogP contribution in [0.5, 0.6) is 5.75 Å². The molecule has 0 bridgehead atoms. The summed E-state index contributed by atoms with van der Waals surface area (Å²) < 4.78 is 18.6. The molecule has 2 aromatic rings. The highest BCUT2D eigenvalue weighted by Gasteiger charge is 2.15. The number of para-hydroxylation sites is 1. The number of ether oxygens (including phenoxy) is 1. The fourth-order valence-corrected chi connectivity index (χ4v) is 2.45. The van der Waals surface area contributed by atoms with Gasteiger partial charge < -0.3 is 15.8 Å². The Bertz CT molecular complexity index is 688. The molecule has 122 valence electrons. The molecule has 1 atom stereocenters. The summed E-state index contributed by atoms with van der Waals surface area (Å²) in [5.74, 6) is 0.0672. The van der Waals surface area contributed by atoms with Crippen molar-refractivity contribution in [3.63, 3.8) is 0 Å². The van der Waals surface area contributed by atoms with Crippen molar-refractivity contribution >= 4 is 11.6 Å². The molecule has 0 radical (unpaired) electrons. The number of nitrogens with two attached hydrogens (primary N) is 1. The second-order valence-corrected chi connectivity index (χ2v) is 5.37. The van der Waals surface area contributed by atoms with Gasteiger partial charge in [-0.15, -0.1) is 0 Å². The third-order valence-electron chi connectivity index (χ3n) is 3.71. The molecule has 0 aliphatic heterocycles. The van der Waals surface area contributed by atoms with Gasteiger partial charge in [0.05, 0.1) is 13.2 Å². The number of anilines is 1. The lowest BCUT2D eigenvalue weighted by molar-refractivity contribution is -0.121. The summed E-state index contributed by atoms with van der Waals surface area (Å²) in [5, 5.41) is 2.86. The molecule has 0 heterocycles. The van der Waals surface area contributed by atoms with Crippen LogP contribution in [-0.4, -0.2) is 13.0 Å². The number of nitrogen functional groups attached to an aromatic ring is 1. The van der Waals surface area contributed by atoms with Crippen molar-refractivity contribution in [3.05, 3.63) is 59.4 Å². The number of amides is 1. The van der Waals surface area contributed by atoms with Crippen LogP contribution in [0.1, 0.15) is 30.5 Å². The van der Waals surface area contributed by atoms with Crippen LogP contribution in [0, 0.1) is 5.82 Å². The highest BCUT2D eigenvalue weighted by Crippen LogP contribution is 2.26. The number of carbonyl (C=O) groups is 1. The van der Waals surface area contributed by atoms with Gasteiger partial charge in [0.1, 0.15) is 11.6 Å². The Kier molecular flexibility index (Phi) is 5.57. The molecule has 2 aromatic carbocycles. The van der Waals surface area contributed by atoms with Crippen LogP contribution in [0.3, 0.4) is 0 Å². The average Bonchev–Trinajstić information content (AvgIpc) is 2.54. The number of carbonyl (C=O) groups excluding carboxylic acids is 1. The molecular weight excluding hydrogens is 295 g/mol. The number of halogens is 1. The number of benzene rings is 2. The summed E-state index contributed by atoms with van der Waals surface area (Å²) in [4.78, 5) is 12.1. The predicted molar refractivity (Wildman–Crippen MR) is 88.7 cm³/mol. The summed E-state index contributed by atoms with van der Waals surface area (Å²) in [5.41, 5.74) is 8.10. The van der Waals surface area contributed by atoms with E-state index in [1.165, 1.54) is 19.2 Å². The molecule has 3 N–H and O–H groups in total. The Hall–Kier alpha value is -2.56. The van der Waals surface area contributed by atoms with Crippen molar-refractivity contribution in [1.82, 2.24) is 5.32 Å². The van der Waals surface area contributed by atoms with Gasteiger partial charge in [-0.25, -0.2) is 4.39 Å². The molecule has 0 spiro atoms. The first-order chi connectivity index (χ1) is 11.0. The van der Waals surface area contributed by atoms with Crippen molar-refractivity contribution in [3.8, 4) is 5.75 Å². The number of rotatable bonds is 6. The first kappa shape index (κ1) is 16.8. The summed E-state index contributed by atoms with van der Waals surface area (Å²) in [6, 6.07) is 11.4. The summed E-state index contributed by atoms with van der Waals surface area (Å²) in [6.07, 6.45) is 0.877. The lowest BCUT2D eigenvalue weighted by Gasteiger charge is -2.17. The molecule has 1 unspecified atom stereocenters. The van der Waals surface area contributed by atoms with E-state index in [-0.39, 0.29) is 17.8 Å². The maximum atomic E-state index is 13.4. The van der Waals surface area contributed by atoms with E-state index in [9.17, 15) is 9.18 Å². The quantitative estimate of drug-likeness (QED) is 0.804. The summed E-state index contributed by atoms with van der Waals surface area (Å²) >= 11 is 0. The van der Waals surface area contributed by atoms with Crippen LogP contribution in [-0.2, 0) is 11.2 Å². The molecule has 0 saturated carbocycles. The first-order valence-electron chi connectivity index (χ1n) is 7.47. The van der Waals surface area contributed by atoms with Gasteiger partial charge in [-0.1, -0.05) is 18.2 Å². The Morgan fingerprint density at radius 3 is 2.74 bits per heavy atom. The van der Waals surface area contributed by atoms with Crippen LogP contribution in [0.2, 0.25) is 0 Å². The molecule has 0 saturated heterocycles. The molecule has 1 amide bonds. The smallest absolute Gasteiger partial charge is 0.220 e. The number of nitrogens with one attached hydrogen (secondary N) is 1. The molecule has 0 aliphatic rings. The van der Waals surface area contributed by atoms with Gasteiger partial charge in [0, 0.05) is 17.7 Å². The number of aryl methyl sites for hydroxylation is 1. The van der Waals surface area contributed by atoms with Crippen molar-refractivity contribution in [2.75, 3.05) is 12.8 Å². The third-order valence-corrected chi connectivity index (χ3v) is 3.71. The monoisotopic (exact) mass is 316 g/mol. The van der Waals surface area contributed by atoms with Gasteiger partial charge in [-0.05, 0) is 43.2 Å². The predicted octanol–water partition coefficient (Wildman–Crippen LogP) is 3.23. The number of hydrogen-bond donors (Lipinski definition) is 2. The van der Waals surface area contributed by atoms with Gasteiger partial charge in [-0.3, -0.25) is 4.79 Å². The molecule has 0 fully saturated rings. The fourth-order valence-electron chi connectivity index (χ4n) is 2.45. The van der Waals surface area contributed by atoms with E-state index in [4.69, 9.17) is 10.5 Å². The Morgan fingerprint density at radius 2 is 2.04 bits per heavy atom. The lowest BCUT2D eigenvalue weighted by atomic mass is 10.1. The molecule has 2 rings (SSSR count). The van der Waals surface area contributed by atoms with E-state index in [0.29, 0.717) is 29.8 Å². The topological polar surface area (TPSA) is 64.3 Å². The van der Waals surface area contributed by atoms with E-state index < -0.39 is 0 Å².